The Balaban J connectivity index is 0.00000220. The first-order valence-electron chi connectivity index (χ1n) is 7.38. The lowest BCUT2D eigenvalue weighted by Crippen LogP contribution is -2.44. The number of amides is 1. The zero-order valence-corrected chi connectivity index (χ0v) is 13.2. The van der Waals surface area contributed by atoms with Crippen LogP contribution in [-0.4, -0.2) is 36.2 Å². The molecule has 1 aliphatic heterocycles. The van der Waals surface area contributed by atoms with E-state index in [2.05, 4.69) is 17.6 Å². The van der Waals surface area contributed by atoms with Crippen molar-refractivity contribution >= 4 is 18.3 Å². The first kappa shape index (κ1) is 18.0. The zero-order valence-electron chi connectivity index (χ0n) is 12.4. The Hall–Kier alpha value is -1.10. The summed E-state index contributed by atoms with van der Waals surface area (Å²) in [6.07, 6.45) is 1.80. The van der Waals surface area contributed by atoms with Gasteiger partial charge in [0.05, 0.1) is 6.10 Å². The van der Waals surface area contributed by atoms with Crippen LogP contribution in [0.2, 0.25) is 0 Å². The van der Waals surface area contributed by atoms with Gasteiger partial charge in [0.15, 0.2) is 0 Å². The molecule has 1 saturated heterocycles. The quantitative estimate of drug-likeness (QED) is 0.772. The van der Waals surface area contributed by atoms with Crippen LogP contribution in [0.3, 0.4) is 0 Å². The molecule has 1 fully saturated rings. The van der Waals surface area contributed by atoms with E-state index in [4.69, 9.17) is 0 Å². The maximum Gasteiger partial charge on any atom is 0.223 e. The van der Waals surface area contributed by atoms with Gasteiger partial charge in [-0.05, 0) is 31.9 Å². The minimum Gasteiger partial charge on any atom is -0.391 e. The van der Waals surface area contributed by atoms with Crippen LogP contribution in [0, 0.1) is 5.92 Å². The molecular weight excluding hydrogens is 288 g/mol. The molecule has 118 valence electrons. The molecular formula is C16H25ClN2O2. The molecule has 0 radical (unpaired) electrons. The molecule has 21 heavy (non-hydrogen) atoms. The molecule has 0 aliphatic carbocycles. The number of carbonyl (C=O) groups is 1. The summed E-state index contributed by atoms with van der Waals surface area (Å²) in [4.78, 5) is 12.1. The SMILES string of the molecule is C[C@H]1C[C@@H](C(=O)NCC(O)Cc2ccccc2)CCN1.Cl. The lowest BCUT2D eigenvalue weighted by molar-refractivity contribution is -0.126. The molecule has 0 aromatic heterocycles. The van der Waals surface area contributed by atoms with E-state index in [0.29, 0.717) is 19.0 Å². The van der Waals surface area contributed by atoms with Crippen LogP contribution >= 0.6 is 12.4 Å². The molecule has 3 atom stereocenters. The van der Waals surface area contributed by atoms with E-state index in [9.17, 15) is 9.90 Å². The Kier molecular flexibility index (Phi) is 7.72. The molecule has 0 bridgehead atoms. The summed E-state index contributed by atoms with van der Waals surface area (Å²) >= 11 is 0. The summed E-state index contributed by atoms with van der Waals surface area (Å²) in [6, 6.07) is 10.2. The third kappa shape index (κ3) is 6.04. The highest BCUT2D eigenvalue weighted by Gasteiger charge is 2.24. The molecule has 2 rings (SSSR count). The van der Waals surface area contributed by atoms with Crippen LogP contribution in [-0.2, 0) is 11.2 Å². The standard InChI is InChI=1S/C16H24N2O2.ClH/c1-12-9-14(7-8-17-12)16(20)18-11-15(19)10-13-5-3-2-4-6-13;/h2-6,12,14-15,17,19H,7-11H2,1H3,(H,18,20);1H/t12-,14-,15?;/m0./s1. The Morgan fingerprint density at radius 1 is 1.43 bits per heavy atom. The van der Waals surface area contributed by atoms with Gasteiger partial charge in [0.1, 0.15) is 0 Å². The van der Waals surface area contributed by atoms with Crippen molar-refractivity contribution in [2.45, 2.75) is 38.3 Å². The van der Waals surface area contributed by atoms with Crippen molar-refractivity contribution in [3.05, 3.63) is 35.9 Å². The maximum atomic E-state index is 12.1. The predicted molar refractivity (Wildman–Crippen MR) is 86.6 cm³/mol. The second kappa shape index (κ2) is 9.03. The molecule has 1 heterocycles. The van der Waals surface area contributed by atoms with Gasteiger partial charge in [0.2, 0.25) is 5.91 Å². The van der Waals surface area contributed by atoms with Crippen molar-refractivity contribution in [2.75, 3.05) is 13.1 Å². The molecule has 1 aromatic rings. The Morgan fingerprint density at radius 3 is 2.81 bits per heavy atom. The van der Waals surface area contributed by atoms with E-state index in [1.165, 1.54) is 0 Å². The molecule has 0 saturated carbocycles. The van der Waals surface area contributed by atoms with E-state index in [1.54, 1.807) is 0 Å². The van der Waals surface area contributed by atoms with E-state index >= 15 is 0 Å². The van der Waals surface area contributed by atoms with Gasteiger partial charge in [-0.25, -0.2) is 0 Å². The van der Waals surface area contributed by atoms with Crippen molar-refractivity contribution in [3.63, 3.8) is 0 Å². The number of carbonyl (C=O) groups excluding carboxylic acids is 1. The number of hydrogen-bond donors (Lipinski definition) is 3. The summed E-state index contributed by atoms with van der Waals surface area (Å²) in [5.41, 5.74) is 1.09. The van der Waals surface area contributed by atoms with Crippen LogP contribution in [0.5, 0.6) is 0 Å². The van der Waals surface area contributed by atoms with Gasteiger partial charge in [-0.1, -0.05) is 30.3 Å². The van der Waals surface area contributed by atoms with Gasteiger partial charge >= 0.3 is 0 Å². The third-order valence-corrected chi connectivity index (χ3v) is 3.82. The number of nitrogens with one attached hydrogen (secondary N) is 2. The minimum absolute atomic E-state index is 0. The van der Waals surface area contributed by atoms with Crippen LogP contribution < -0.4 is 10.6 Å². The number of piperidine rings is 1. The fraction of sp³-hybridized carbons (Fsp3) is 0.562. The summed E-state index contributed by atoms with van der Waals surface area (Å²) in [5, 5.41) is 16.2. The smallest absolute Gasteiger partial charge is 0.223 e. The van der Waals surface area contributed by atoms with Crippen LogP contribution in [0.1, 0.15) is 25.3 Å². The third-order valence-electron chi connectivity index (χ3n) is 3.82. The van der Waals surface area contributed by atoms with Crippen LogP contribution in [0.25, 0.3) is 0 Å². The highest BCUT2D eigenvalue weighted by molar-refractivity contribution is 5.85. The average Bonchev–Trinajstić information content (AvgIpc) is 2.46. The van der Waals surface area contributed by atoms with Crippen molar-refractivity contribution in [2.24, 2.45) is 5.92 Å². The largest absolute Gasteiger partial charge is 0.391 e. The maximum absolute atomic E-state index is 12.1. The van der Waals surface area contributed by atoms with Gasteiger partial charge in [-0.15, -0.1) is 12.4 Å². The molecule has 0 spiro atoms. The highest BCUT2D eigenvalue weighted by atomic mass is 35.5. The average molecular weight is 313 g/mol. The molecule has 1 unspecified atom stereocenters. The van der Waals surface area contributed by atoms with Crippen molar-refractivity contribution in [1.29, 1.82) is 0 Å². The van der Waals surface area contributed by atoms with Gasteiger partial charge in [0.25, 0.3) is 0 Å². The summed E-state index contributed by atoms with van der Waals surface area (Å²) < 4.78 is 0. The van der Waals surface area contributed by atoms with Crippen molar-refractivity contribution in [1.82, 2.24) is 10.6 Å². The first-order valence-corrected chi connectivity index (χ1v) is 7.38. The van der Waals surface area contributed by atoms with Crippen LogP contribution in [0.4, 0.5) is 0 Å². The van der Waals surface area contributed by atoms with E-state index in [0.717, 1.165) is 24.9 Å². The normalized spacial score (nSPS) is 23.0. The fourth-order valence-corrected chi connectivity index (χ4v) is 2.69. The van der Waals surface area contributed by atoms with Gasteiger partial charge in [-0.3, -0.25) is 4.79 Å². The molecule has 4 nitrogen and oxygen atoms in total. The van der Waals surface area contributed by atoms with Gasteiger partial charge in [0, 0.05) is 24.9 Å². The summed E-state index contributed by atoms with van der Waals surface area (Å²) in [5.74, 6) is 0.153. The second-order valence-electron chi connectivity index (χ2n) is 5.67. The Bertz CT molecular complexity index is 428. The summed E-state index contributed by atoms with van der Waals surface area (Å²) in [6.45, 7) is 3.32. The van der Waals surface area contributed by atoms with E-state index < -0.39 is 6.10 Å². The number of rotatable bonds is 5. The van der Waals surface area contributed by atoms with Crippen molar-refractivity contribution in [3.8, 4) is 0 Å². The molecule has 5 heteroatoms. The predicted octanol–water partition coefficient (Wildman–Crippen LogP) is 1.52. The minimum atomic E-state index is -0.527. The van der Waals surface area contributed by atoms with Crippen molar-refractivity contribution < 1.29 is 9.90 Å². The Morgan fingerprint density at radius 2 is 2.14 bits per heavy atom. The topological polar surface area (TPSA) is 61.4 Å². The van der Waals surface area contributed by atoms with Gasteiger partial charge in [-0.2, -0.15) is 0 Å². The lowest BCUT2D eigenvalue weighted by Gasteiger charge is -2.27. The number of aliphatic hydroxyl groups is 1. The fourth-order valence-electron chi connectivity index (χ4n) is 2.69. The molecule has 1 aromatic carbocycles. The van der Waals surface area contributed by atoms with Gasteiger partial charge < -0.3 is 15.7 Å². The number of hydrogen-bond acceptors (Lipinski definition) is 3. The Labute approximate surface area is 132 Å². The zero-order chi connectivity index (χ0) is 14.4. The molecule has 1 amide bonds. The van der Waals surface area contributed by atoms with E-state index in [1.807, 2.05) is 30.3 Å². The number of halogens is 1. The number of benzene rings is 1. The molecule has 1 aliphatic rings. The first-order chi connectivity index (χ1) is 9.65. The highest BCUT2D eigenvalue weighted by Crippen LogP contribution is 2.15. The summed E-state index contributed by atoms with van der Waals surface area (Å²) in [7, 11) is 0. The van der Waals surface area contributed by atoms with E-state index in [-0.39, 0.29) is 24.2 Å². The second-order valence-corrected chi connectivity index (χ2v) is 5.67. The lowest BCUT2D eigenvalue weighted by atomic mass is 9.92. The van der Waals surface area contributed by atoms with Crippen LogP contribution in [0.15, 0.2) is 30.3 Å². The molecule has 3 N–H and O–H groups in total. The monoisotopic (exact) mass is 312 g/mol. The number of aliphatic hydroxyl groups excluding tert-OH is 1.